The van der Waals surface area contributed by atoms with Crippen LogP contribution in [0.4, 0.5) is 0 Å². The lowest BCUT2D eigenvalue weighted by Gasteiger charge is -2.14. The molecule has 1 atom stereocenters. The molecule has 0 aromatic carbocycles. The zero-order valence-corrected chi connectivity index (χ0v) is 8.54. The van der Waals surface area contributed by atoms with Crippen molar-refractivity contribution >= 4 is 5.91 Å². The van der Waals surface area contributed by atoms with Gasteiger partial charge in [0, 0.05) is 31.6 Å². The molecule has 0 spiro atoms. The molecular formula is C10H19N3O. The lowest BCUT2D eigenvalue weighted by atomic mass is 10.3. The average Bonchev–Trinajstić information content (AvgIpc) is 2.85. The van der Waals surface area contributed by atoms with Gasteiger partial charge in [0.15, 0.2) is 0 Å². The van der Waals surface area contributed by atoms with Crippen molar-refractivity contribution in [3.8, 4) is 0 Å². The zero-order chi connectivity index (χ0) is 9.97. The highest BCUT2D eigenvalue weighted by Crippen LogP contribution is 2.18. The van der Waals surface area contributed by atoms with Crippen LogP contribution in [0, 0.1) is 0 Å². The molecule has 0 radical (unpaired) electrons. The predicted molar refractivity (Wildman–Crippen MR) is 54.8 cm³/mol. The van der Waals surface area contributed by atoms with E-state index in [9.17, 15) is 4.79 Å². The van der Waals surface area contributed by atoms with Gasteiger partial charge in [-0.3, -0.25) is 4.79 Å². The standard InChI is InChI=1S/C10H19N3O/c11-8-3-5-13(7-8)6-4-10(14)12-9-1-2-9/h8-9H,1-7,11H2,(H,12,14)/t8-/m1/s1. The predicted octanol–water partition coefficient (Wildman–Crippen LogP) is -0.312. The first-order valence-corrected chi connectivity index (χ1v) is 5.51. The van der Waals surface area contributed by atoms with Crippen LogP contribution in [-0.2, 0) is 4.79 Å². The summed E-state index contributed by atoms with van der Waals surface area (Å²) in [6.07, 6.45) is 4.04. The minimum atomic E-state index is 0.202. The second kappa shape index (κ2) is 4.28. The molecule has 0 bridgehead atoms. The number of nitrogens with zero attached hydrogens (tertiary/aromatic N) is 1. The number of hydrogen-bond acceptors (Lipinski definition) is 3. The van der Waals surface area contributed by atoms with Crippen molar-refractivity contribution < 1.29 is 4.79 Å². The van der Waals surface area contributed by atoms with E-state index in [-0.39, 0.29) is 5.91 Å². The third kappa shape index (κ3) is 2.96. The summed E-state index contributed by atoms with van der Waals surface area (Å²) in [5.41, 5.74) is 5.78. The monoisotopic (exact) mass is 197 g/mol. The Labute approximate surface area is 84.8 Å². The van der Waals surface area contributed by atoms with E-state index < -0.39 is 0 Å². The molecule has 2 rings (SSSR count). The van der Waals surface area contributed by atoms with E-state index >= 15 is 0 Å². The maximum atomic E-state index is 11.4. The van der Waals surface area contributed by atoms with Crippen LogP contribution in [0.5, 0.6) is 0 Å². The first-order chi connectivity index (χ1) is 6.74. The number of carbonyl (C=O) groups excluding carboxylic acids is 1. The molecule has 2 fully saturated rings. The van der Waals surface area contributed by atoms with Gasteiger partial charge in [-0.25, -0.2) is 0 Å². The molecule has 1 saturated heterocycles. The van der Waals surface area contributed by atoms with Crippen molar-refractivity contribution in [2.45, 2.75) is 37.8 Å². The van der Waals surface area contributed by atoms with Gasteiger partial charge in [-0.05, 0) is 25.8 Å². The quantitative estimate of drug-likeness (QED) is 0.650. The van der Waals surface area contributed by atoms with Gasteiger partial charge >= 0.3 is 0 Å². The van der Waals surface area contributed by atoms with Gasteiger partial charge in [0.1, 0.15) is 0 Å². The molecule has 0 aromatic heterocycles. The molecule has 1 heterocycles. The minimum Gasteiger partial charge on any atom is -0.353 e. The summed E-state index contributed by atoms with van der Waals surface area (Å²) in [5.74, 6) is 0.202. The Hall–Kier alpha value is -0.610. The van der Waals surface area contributed by atoms with Gasteiger partial charge < -0.3 is 16.0 Å². The van der Waals surface area contributed by atoms with Crippen LogP contribution in [0.1, 0.15) is 25.7 Å². The van der Waals surface area contributed by atoms with Crippen LogP contribution in [0.2, 0.25) is 0 Å². The molecule has 0 unspecified atom stereocenters. The summed E-state index contributed by atoms with van der Waals surface area (Å²) in [6, 6.07) is 0.810. The zero-order valence-electron chi connectivity index (χ0n) is 8.54. The van der Waals surface area contributed by atoms with E-state index in [2.05, 4.69) is 10.2 Å². The molecule has 1 amide bonds. The first kappa shape index (κ1) is 9.93. The normalized spacial score (nSPS) is 27.9. The van der Waals surface area contributed by atoms with E-state index in [0.717, 1.165) is 26.1 Å². The van der Waals surface area contributed by atoms with E-state index in [1.807, 2.05) is 0 Å². The molecule has 2 aliphatic rings. The maximum Gasteiger partial charge on any atom is 0.221 e. The van der Waals surface area contributed by atoms with Gasteiger partial charge in [0.25, 0.3) is 0 Å². The fraction of sp³-hybridized carbons (Fsp3) is 0.900. The van der Waals surface area contributed by atoms with Crippen LogP contribution in [0.15, 0.2) is 0 Å². The molecule has 0 aromatic rings. The highest BCUT2D eigenvalue weighted by atomic mass is 16.1. The van der Waals surface area contributed by atoms with E-state index in [4.69, 9.17) is 5.73 Å². The number of rotatable bonds is 4. The second-order valence-corrected chi connectivity index (χ2v) is 4.44. The highest BCUT2D eigenvalue weighted by molar-refractivity contribution is 5.76. The molecule has 4 nitrogen and oxygen atoms in total. The summed E-state index contributed by atoms with van der Waals surface area (Å²) >= 11 is 0. The molecule has 1 saturated carbocycles. The van der Waals surface area contributed by atoms with Gasteiger partial charge in [0.05, 0.1) is 0 Å². The van der Waals surface area contributed by atoms with E-state index in [1.54, 1.807) is 0 Å². The third-order valence-electron chi connectivity index (χ3n) is 2.91. The second-order valence-electron chi connectivity index (χ2n) is 4.44. The average molecular weight is 197 g/mol. The summed E-state index contributed by atoms with van der Waals surface area (Å²) in [6.45, 7) is 2.88. The van der Waals surface area contributed by atoms with Crippen LogP contribution in [-0.4, -0.2) is 42.5 Å². The Morgan fingerprint density at radius 2 is 2.21 bits per heavy atom. The number of amides is 1. The van der Waals surface area contributed by atoms with Gasteiger partial charge in [-0.15, -0.1) is 0 Å². The Kier molecular flexibility index (Phi) is 3.03. The van der Waals surface area contributed by atoms with Gasteiger partial charge in [-0.2, -0.15) is 0 Å². The number of likely N-dealkylation sites (tertiary alicyclic amines) is 1. The fourth-order valence-electron chi connectivity index (χ4n) is 1.85. The fourth-order valence-corrected chi connectivity index (χ4v) is 1.85. The molecular weight excluding hydrogens is 178 g/mol. The maximum absolute atomic E-state index is 11.4. The highest BCUT2D eigenvalue weighted by Gasteiger charge is 2.24. The van der Waals surface area contributed by atoms with Crippen molar-refractivity contribution in [2.75, 3.05) is 19.6 Å². The van der Waals surface area contributed by atoms with E-state index in [0.29, 0.717) is 18.5 Å². The van der Waals surface area contributed by atoms with Crippen LogP contribution < -0.4 is 11.1 Å². The SMILES string of the molecule is N[C@@H]1CCN(CCC(=O)NC2CC2)C1. The molecule has 3 N–H and O–H groups in total. The number of hydrogen-bond donors (Lipinski definition) is 2. The van der Waals surface area contributed by atoms with Crippen molar-refractivity contribution in [1.29, 1.82) is 0 Å². The van der Waals surface area contributed by atoms with Crippen LogP contribution in [0.25, 0.3) is 0 Å². The summed E-state index contributed by atoms with van der Waals surface area (Å²) in [5, 5.41) is 2.99. The lowest BCUT2D eigenvalue weighted by molar-refractivity contribution is -0.121. The molecule has 14 heavy (non-hydrogen) atoms. The van der Waals surface area contributed by atoms with Gasteiger partial charge in [-0.1, -0.05) is 0 Å². The van der Waals surface area contributed by atoms with Crippen molar-refractivity contribution in [1.82, 2.24) is 10.2 Å². The molecule has 1 aliphatic carbocycles. The third-order valence-corrected chi connectivity index (χ3v) is 2.91. The minimum absolute atomic E-state index is 0.202. The van der Waals surface area contributed by atoms with Crippen molar-refractivity contribution in [2.24, 2.45) is 5.73 Å². The van der Waals surface area contributed by atoms with Crippen LogP contribution >= 0.6 is 0 Å². The summed E-state index contributed by atoms with van der Waals surface area (Å²) in [4.78, 5) is 13.6. The Morgan fingerprint density at radius 3 is 2.79 bits per heavy atom. The largest absolute Gasteiger partial charge is 0.353 e. The molecule has 1 aliphatic heterocycles. The number of nitrogens with one attached hydrogen (secondary N) is 1. The van der Waals surface area contributed by atoms with Crippen LogP contribution in [0.3, 0.4) is 0 Å². The summed E-state index contributed by atoms with van der Waals surface area (Å²) < 4.78 is 0. The smallest absolute Gasteiger partial charge is 0.221 e. The lowest BCUT2D eigenvalue weighted by Crippen LogP contribution is -2.32. The molecule has 4 heteroatoms. The first-order valence-electron chi connectivity index (χ1n) is 5.51. The Bertz CT molecular complexity index is 215. The van der Waals surface area contributed by atoms with Crippen molar-refractivity contribution in [3.05, 3.63) is 0 Å². The molecule has 80 valence electrons. The Morgan fingerprint density at radius 1 is 1.43 bits per heavy atom. The Balaban J connectivity index is 1.59. The number of carbonyl (C=O) groups is 1. The van der Waals surface area contributed by atoms with E-state index in [1.165, 1.54) is 12.8 Å². The topological polar surface area (TPSA) is 58.4 Å². The van der Waals surface area contributed by atoms with Crippen molar-refractivity contribution in [3.63, 3.8) is 0 Å². The number of nitrogens with two attached hydrogens (primary N) is 1. The summed E-state index contributed by atoms with van der Waals surface area (Å²) in [7, 11) is 0. The van der Waals surface area contributed by atoms with Gasteiger partial charge in [0.2, 0.25) is 5.91 Å².